The van der Waals surface area contributed by atoms with Crippen LogP contribution in [0.5, 0.6) is 5.75 Å². The Morgan fingerprint density at radius 2 is 1.54 bits per heavy atom. The molecule has 1 amide bonds. The van der Waals surface area contributed by atoms with Crippen LogP contribution in [0.2, 0.25) is 0 Å². The fourth-order valence-electron chi connectivity index (χ4n) is 3.98. The third-order valence-corrected chi connectivity index (χ3v) is 6.56. The molecule has 9 nitrogen and oxygen atoms in total. The van der Waals surface area contributed by atoms with Gasteiger partial charge in [-0.3, -0.25) is 9.32 Å². The summed E-state index contributed by atoms with van der Waals surface area (Å²) in [6, 6.07) is 7.87. The highest BCUT2D eigenvalue weighted by molar-refractivity contribution is 7.46. The summed E-state index contributed by atoms with van der Waals surface area (Å²) in [5, 5.41) is 0. The first-order chi connectivity index (χ1) is 17.4. The van der Waals surface area contributed by atoms with Gasteiger partial charge in [0.1, 0.15) is 5.75 Å². The van der Waals surface area contributed by atoms with Gasteiger partial charge in [-0.05, 0) is 49.8 Å². The number of methoxy groups -OCH3 is 1. The SMILES string of the molecule is CCCCCCCCCCOc1cccc(CCC(=O)N(CCCCCOC)CCOP(=O)(O)O)c1.N. The molecule has 0 atom stereocenters. The number of rotatable bonds is 23. The van der Waals surface area contributed by atoms with Crippen molar-refractivity contribution >= 4 is 13.7 Å². The summed E-state index contributed by atoms with van der Waals surface area (Å²) in [7, 11) is -2.89. The summed E-state index contributed by atoms with van der Waals surface area (Å²) in [6.45, 7) is 4.09. The Balaban J connectivity index is 0.0000130. The quantitative estimate of drug-likeness (QED) is 0.111. The van der Waals surface area contributed by atoms with E-state index in [1.54, 1.807) is 12.0 Å². The van der Waals surface area contributed by atoms with Gasteiger partial charge in [0.05, 0.1) is 13.2 Å². The lowest BCUT2D eigenvalue weighted by Gasteiger charge is -2.23. The van der Waals surface area contributed by atoms with E-state index in [-0.39, 0.29) is 25.2 Å². The number of benzene rings is 1. The number of hydrogen-bond acceptors (Lipinski definition) is 6. The van der Waals surface area contributed by atoms with E-state index in [0.717, 1.165) is 37.0 Å². The third kappa shape index (κ3) is 20.2. The normalized spacial score (nSPS) is 11.2. The molecule has 37 heavy (non-hydrogen) atoms. The number of nitrogens with zero attached hydrogens (tertiary/aromatic N) is 1. The van der Waals surface area contributed by atoms with Crippen molar-refractivity contribution in [2.24, 2.45) is 0 Å². The Morgan fingerprint density at radius 3 is 2.22 bits per heavy atom. The summed E-state index contributed by atoms with van der Waals surface area (Å²) in [4.78, 5) is 32.3. The zero-order chi connectivity index (χ0) is 26.5. The average molecular weight is 547 g/mol. The molecule has 1 aromatic rings. The van der Waals surface area contributed by atoms with E-state index >= 15 is 0 Å². The van der Waals surface area contributed by atoms with E-state index in [9.17, 15) is 9.36 Å². The van der Waals surface area contributed by atoms with E-state index < -0.39 is 7.82 Å². The lowest BCUT2D eigenvalue weighted by molar-refractivity contribution is -0.131. The maximum absolute atomic E-state index is 12.9. The van der Waals surface area contributed by atoms with Gasteiger partial charge < -0.3 is 30.3 Å². The average Bonchev–Trinajstić information content (AvgIpc) is 2.84. The molecule has 10 heteroatoms. The summed E-state index contributed by atoms with van der Waals surface area (Å²) < 4.78 is 26.5. The zero-order valence-electron chi connectivity index (χ0n) is 23.1. The largest absolute Gasteiger partial charge is 0.494 e. The van der Waals surface area contributed by atoms with Crippen LogP contribution < -0.4 is 10.9 Å². The van der Waals surface area contributed by atoms with Crippen molar-refractivity contribution < 1.29 is 33.1 Å². The van der Waals surface area contributed by atoms with E-state index in [1.165, 1.54) is 44.9 Å². The second-order valence-corrected chi connectivity index (χ2v) is 10.5. The number of amides is 1. The molecule has 0 radical (unpaired) electrons. The van der Waals surface area contributed by atoms with Gasteiger partial charge in [0.2, 0.25) is 5.91 Å². The van der Waals surface area contributed by atoms with Crippen LogP contribution in [-0.2, 0) is 25.0 Å². The first-order valence-corrected chi connectivity index (χ1v) is 15.1. The van der Waals surface area contributed by atoms with Gasteiger partial charge in [0, 0.05) is 33.2 Å². The van der Waals surface area contributed by atoms with Crippen LogP contribution in [0.3, 0.4) is 0 Å². The molecule has 5 N–H and O–H groups in total. The molecule has 0 spiro atoms. The Labute approximate surface area is 224 Å². The Morgan fingerprint density at radius 1 is 0.892 bits per heavy atom. The van der Waals surface area contributed by atoms with Crippen molar-refractivity contribution in [1.82, 2.24) is 11.1 Å². The molecule has 0 unspecified atom stereocenters. The second kappa shape index (κ2) is 22.5. The number of hydrogen-bond donors (Lipinski definition) is 3. The molecule has 1 aromatic carbocycles. The Hall–Kier alpha value is -1.48. The standard InChI is InChI=1S/C27H48NO7P.H3N/c1-3-4-5-6-7-8-9-13-22-34-26-16-14-15-25(24-26)17-18-27(29)28(19-11-10-12-21-33-2)20-23-35-36(30,31)32;/h14-16,24H,3-13,17-23H2,1-2H3,(H2,30,31,32);1H3. The van der Waals surface area contributed by atoms with Gasteiger partial charge in [-0.25, -0.2) is 4.57 Å². The molecule has 0 aliphatic heterocycles. The maximum atomic E-state index is 12.9. The predicted octanol–water partition coefficient (Wildman–Crippen LogP) is 6.06. The lowest BCUT2D eigenvalue weighted by atomic mass is 10.1. The minimum Gasteiger partial charge on any atom is -0.494 e. The van der Waals surface area contributed by atoms with Crippen LogP contribution in [0.4, 0.5) is 0 Å². The first-order valence-electron chi connectivity index (χ1n) is 13.5. The summed E-state index contributed by atoms with van der Waals surface area (Å²) in [6.07, 6.45) is 13.6. The maximum Gasteiger partial charge on any atom is 0.469 e. The van der Waals surface area contributed by atoms with Gasteiger partial charge in [0.15, 0.2) is 0 Å². The smallest absolute Gasteiger partial charge is 0.469 e. The number of phosphoric ester groups is 1. The fourth-order valence-corrected chi connectivity index (χ4v) is 4.30. The van der Waals surface area contributed by atoms with Crippen molar-refractivity contribution in [3.05, 3.63) is 29.8 Å². The van der Waals surface area contributed by atoms with Crippen molar-refractivity contribution in [2.45, 2.75) is 90.4 Å². The number of carbonyl (C=O) groups is 1. The van der Waals surface area contributed by atoms with Gasteiger partial charge in [0.25, 0.3) is 0 Å². The molecular formula is C27H51N2O7P. The highest BCUT2D eigenvalue weighted by atomic mass is 31.2. The minimum atomic E-state index is -4.55. The van der Waals surface area contributed by atoms with Crippen LogP contribution in [0.25, 0.3) is 0 Å². The van der Waals surface area contributed by atoms with Crippen LogP contribution in [0, 0.1) is 0 Å². The predicted molar refractivity (Wildman–Crippen MR) is 148 cm³/mol. The van der Waals surface area contributed by atoms with Gasteiger partial charge in [-0.1, -0.05) is 64.0 Å². The van der Waals surface area contributed by atoms with Crippen molar-refractivity contribution in [1.29, 1.82) is 0 Å². The van der Waals surface area contributed by atoms with Crippen LogP contribution >= 0.6 is 7.82 Å². The minimum absolute atomic E-state index is 0. The first kappa shape index (κ1) is 35.5. The molecular weight excluding hydrogens is 495 g/mol. The number of unbranched alkanes of at least 4 members (excludes halogenated alkanes) is 9. The molecule has 1 rings (SSSR count). The topological polar surface area (TPSA) is 141 Å². The van der Waals surface area contributed by atoms with E-state index in [4.69, 9.17) is 19.3 Å². The number of aryl methyl sites for hydroxylation is 1. The lowest BCUT2D eigenvalue weighted by Crippen LogP contribution is -2.35. The van der Waals surface area contributed by atoms with Crippen molar-refractivity contribution in [2.75, 3.05) is 40.0 Å². The summed E-state index contributed by atoms with van der Waals surface area (Å²) >= 11 is 0. The van der Waals surface area contributed by atoms with Gasteiger partial charge in [-0.15, -0.1) is 0 Å². The molecule has 0 saturated heterocycles. The van der Waals surface area contributed by atoms with Gasteiger partial charge >= 0.3 is 7.82 Å². The molecule has 0 aromatic heterocycles. The number of phosphoric acid groups is 1. The Kier molecular flexibility index (Phi) is 21.6. The van der Waals surface area contributed by atoms with E-state index in [1.807, 2.05) is 24.3 Å². The molecule has 0 bridgehead atoms. The monoisotopic (exact) mass is 546 g/mol. The summed E-state index contributed by atoms with van der Waals surface area (Å²) in [5.41, 5.74) is 1.03. The molecule has 0 aliphatic rings. The van der Waals surface area contributed by atoms with Crippen LogP contribution in [0.15, 0.2) is 24.3 Å². The fraction of sp³-hybridized carbons (Fsp3) is 0.741. The molecule has 0 heterocycles. The highest BCUT2D eigenvalue weighted by Gasteiger charge is 2.17. The number of carbonyl (C=O) groups excluding carboxylic acids is 1. The number of ether oxygens (including phenoxy) is 2. The highest BCUT2D eigenvalue weighted by Crippen LogP contribution is 2.35. The molecule has 0 aliphatic carbocycles. The zero-order valence-corrected chi connectivity index (χ0v) is 24.0. The van der Waals surface area contributed by atoms with Gasteiger partial charge in [-0.2, -0.15) is 0 Å². The van der Waals surface area contributed by atoms with Crippen LogP contribution in [-0.4, -0.2) is 60.6 Å². The Bertz CT molecular complexity index is 745. The second-order valence-electron chi connectivity index (χ2n) is 9.23. The van der Waals surface area contributed by atoms with Crippen molar-refractivity contribution in [3.8, 4) is 5.75 Å². The van der Waals surface area contributed by atoms with E-state index in [0.29, 0.717) is 32.6 Å². The molecule has 0 saturated carbocycles. The summed E-state index contributed by atoms with van der Waals surface area (Å²) in [5.74, 6) is 0.772. The van der Waals surface area contributed by atoms with Crippen LogP contribution in [0.1, 0.15) is 89.5 Å². The third-order valence-electron chi connectivity index (χ3n) is 6.04. The molecule has 216 valence electrons. The molecule has 0 fully saturated rings. The van der Waals surface area contributed by atoms with E-state index in [2.05, 4.69) is 11.4 Å². The van der Waals surface area contributed by atoms with Crippen molar-refractivity contribution in [3.63, 3.8) is 0 Å².